The molecule has 1 aromatic rings. The minimum Gasteiger partial charge on any atom is -0.379 e. The number of ether oxygens (including phenoxy) is 3. The quantitative estimate of drug-likeness (QED) is 0.252. The highest BCUT2D eigenvalue weighted by Gasteiger charge is 2.09. The van der Waals surface area contributed by atoms with E-state index in [9.17, 15) is 9.59 Å². The van der Waals surface area contributed by atoms with Gasteiger partial charge in [-0.3, -0.25) is 9.59 Å². The van der Waals surface area contributed by atoms with E-state index in [2.05, 4.69) is 5.48 Å². The summed E-state index contributed by atoms with van der Waals surface area (Å²) >= 11 is 0. The molecule has 1 rings (SSSR count). The molecule has 3 N–H and O–H groups in total. The maximum atomic E-state index is 11.4. The summed E-state index contributed by atoms with van der Waals surface area (Å²) < 4.78 is 16.2. The first-order chi connectivity index (χ1) is 13.2. The summed E-state index contributed by atoms with van der Waals surface area (Å²) in [4.78, 5) is 27.4. The summed E-state index contributed by atoms with van der Waals surface area (Å²) in [6.45, 7) is 5.32. The number of nitrogens with two attached hydrogens (primary N) is 1. The first-order valence-corrected chi connectivity index (χ1v) is 9.12. The number of hydrogen-bond acceptors (Lipinski definition) is 7. The number of hydrogen-bond donors (Lipinski definition) is 2. The Morgan fingerprint density at radius 1 is 1.04 bits per heavy atom. The Kier molecular flexibility index (Phi) is 12.9. The molecule has 1 amide bonds. The summed E-state index contributed by atoms with van der Waals surface area (Å²) in [5.74, 6) is -0.00399. The lowest BCUT2D eigenvalue weighted by molar-refractivity contribution is -0.125. The van der Waals surface area contributed by atoms with Gasteiger partial charge in [0.1, 0.15) is 0 Å². The molecule has 1 aromatic carbocycles. The fourth-order valence-corrected chi connectivity index (χ4v) is 2.25. The molecule has 8 nitrogen and oxygen atoms in total. The normalized spacial score (nSPS) is 10.6. The highest BCUT2D eigenvalue weighted by molar-refractivity contribution is 5.82. The molecular formula is C19H30N2O6. The second kappa shape index (κ2) is 15.1. The molecule has 152 valence electrons. The van der Waals surface area contributed by atoms with Gasteiger partial charge >= 0.3 is 0 Å². The molecule has 0 spiro atoms. The van der Waals surface area contributed by atoms with Crippen molar-refractivity contribution in [2.24, 2.45) is 5.73 Å². The molecular weight excluding hydrogens is 352 g/mol. The molecule has 0 heterocycles. The highest BCUT2D eigenvalue weighted by Crippen LogP contribution is 2.21. The summed E-state index contributed by atoms with van der Waals surface area (Å²) in [6, 6.07) is 5.28. The van der Waals surface area contributed by atoms with E-state index in [-0.39, 0.29) is 5.91 Å². The maximum Gasteiger partial charge on any atom is 0.249 e. The van der Waals surface area contributed by atoms with Gasteiger partial charge in [0, 0.05) is 20.1 Å². The van der Waals surface area contributed by atoms with E-state index in [1.54, 1.807) is 12.1 Å². The van der Waals surface area contributed by atoms with Gasteiger partial charge in [-0.1, -0.05) is 12.1 Å². The summed E-state index contributed by atoms with van der Waals surface area (Å²) in [7, 11) is 0. The van der Waals surface area contributed by atoms with Gasteiger partial charge in [0.25, 0.3) is 0 Å². The zero-order chi connectivity index (χ0) is 19.7. The Bertz CT molecular complexity index is 553. The van der Waals surface area contributed by atoms with Crippen LogP contribution in [-0.2, 0) is 25.4 Å². The first kappa shape index (κ1) is 23.0. The van der Waals surface area contributed by atoms with Gasteiger partial charge in [-0.2, -0.15) is 5.48 Å². The predicted molar refractivity (Wildman–Crippen MR) is 101 cm³/mol. The third-order valence-corrected chi connectivity index (χ3v) is 3.55. The molecule has 0 saturated heterocycles. The number of benzene rings is 1. The van der Waals surface area contributed by atoms with E-state index in [0.717, 1.165) is 24.7 Å². The molecule has 0 atom stereocenters. The van der Waals surface area contributed by atoms with Gasteiger partial charge in [0.05, 0.1) is 32.0 Å². The summed E-state index contributed by atoms with van der Waals surface area (Å²) in [5, 5.41) is 0. The largest absolute Gasteiger partial charge is 0.379 e. The van der Waals surface area contributed by atoms with Crippen LogP contribution in [0.25, 0.3) is 0 Å². The van der Waals surface area contributed by atoms with Crippen LogP contribution in [0, 0.1) is 0 Å². The summed E-state index contributed by atoms with van der Waals surface area (Å²) in [5.41, 5.74) is 8.88. The standard InChI is InChI=1S/C19H30N2O6/c1-16(23)21-27-19-7-2-5-17(18(19)15-22)6-3-9-24-11-13-26-14-12-25-10-4-8-20/h2,5,7,15H,3-4,6,8-14,20H2,1H3,(H,21,23). The molecule has 0 radical (unpaired) electrons. The van der Waals surface area contributed by atoms with Crippen molar-refractivity contribution >= 4 is 12.2 Å². The van der Waals surface area contributed by atoms with Crippen molar-refractivity contribution in [1.82, 2.24) is 5.48 Å². The minimum atomic E-state index is -0.338. The Morgan fingerprint density at radius 2 is 1.67 bits per heavy atom. The van der Waals surface area contributed by atoms with Crippen LogP contribution in [0.3, 0.4) is 0 Å². The van der Waals surface area contributed by atoms with Crippen LogP contribution in [0.15, 0.2) is 18.2 Å². The topological polar surface area (TPSA) is 109 Å². The van der Waals surface area contributed by atoms with Gasteiger partial charge in [-0.05, 0) is 37.4 Å². The maximum absolute atomic E-state index is 11.4. The molecule has 0 fully saturated rings. The van der Waals surface area contributed by atoms with Crippen molar-refractivity contribution in [2.45, 2.75) is 26.2 Å². The number of hydroxylamine groups is 1. The average Bonchev–Trinajstić information content (AvgIpc) is 2.67. The third kappa shape index (κ3) is 10.7. The zero-order valence-corrected chi connectivity index (χ0v) is 15.9. The molecule has 0 unspecified atom stereocenters. The second-order valence-electron chi connectivity index (χ2n) is 5.79. The van der Waals surface area contributed by atoms with Crippen molar-refractivity contribution in [3.8, 4) is 5.75 Å². The number of carbonyl (C=O) groups is 2. The molecule has 0 aliphatic rings. The molecule has 27 heavy (non-hydrogen) atoms. The van der Waals surface area contributed by atoms with Crippen LogP contribution >= 0.6 is 0 Å². The fraction of sp³-hybridized carbons (Fsp3) is 0.579. The zero-order valence-electron chi connectivity index (χ0n) is 15.9. The third-order valence-electron chi connectivity index (χ3n) is 3.55. The van der Waals surface area contributed by atoms with Crippen molar-refractivity contribution < 1.29 is 28.6 Å². The van der Waals surface area contributed by atoms with E-state index >= 15 is 0 Å². The van der Waals surface area contributed by atoms with Crippen LogP contribution < -0.4 is 16.1 Å². The van der Waals surface area contributed by atoms with E-state index in [4.69, 9.17) is 24.8 Å². The van der Waals surface area contributed by atoms with Crippen LogP contribution in [0.5, 0.6) is 5.75 Å². The van der Waals surface area contributed by atoms with Crippen molar-refractivity contribution in [1.29, 1.82) is 0 Å². The summed E-state index contributed by atoms with van der Waals surface area (Å²) in [6.07, 6.45) is 3.02. The Balaban J connectivity index is 2.16. The van der Waals surface area contributed by atoms with Crippen LogP contribution in [0.4, 0.5) is 0 Å². The number of rotatable bonds is 16. The minimum absolute atomic E-state index is 0.334. The van der Waals surface area contributed by atoms with Gasteiger partial charge in [-0.15, -0.1) is 0 Å². The smallest absolute Gasteiger partial charge is 0.249 e. The fourth-order valence-electron chi connectivity index (χ4n) is 2.25. The SMILES string of the molecule is CC(=O)NOc1cccc(CCCOCCOCCOCCCN)c1C=O. The average molecular weight is 382 g/mol. The number of aryl methyl sites for hydroxylation is 1. The van der Waals surface area contributed by atoms with Gasteiger partial charge in [0.2, 0.25) is 5.91 Å². The first-order valence-electron chi connectivity index (χ1n) is 9.12. The van der Waals surface area contributed by atoms with Crippen LogP contribution in [0.2, 0.25) is 0 Å². The van der Waals surface area contributed by atoms with Crippen molar-refractivity contribution in [2.75, 3.05) is 46.2 Å². The Labute approximate surface area is 160 Å². The number of aldehydes is 1. The van der Waals surface area contributed by atoms with Gasteiger partial charge < -0.3 is 24.8 Å². The van der Waals surface area contributed by atoms with Crippen molar-refractivity contribution in [3.63, 3.8) is 0 Å². The van der Waals surface area contributed by atoms with E-state index in [1.165, 1.54) is 6.92 Å². The molecule has 8 heteroatoms. The van der Waals surface area contributed by atoms with Crippen LogP contribution in [0.1, 0.15) is 35.7 Å². The Hall–Kier alpha value is -2.00. The highest BCUT2D eigenvalue weighted by atomic mass is 16.7. The number of nitrogens with one attached hydrogen (secondary N) is 1. The number of amides is 1. The monoisotopic (exact) mass is 382 g/mol. The molecule has 0 bridgehead atoms. The lowest BCUT2D eigenvalue weighted by Crippen LogP contribution is -2.24. The van der Waals surface area contributed by atoms with Crippen molar-refractivity contribution in [3.05, 3.63) is 29.3 Å². The van der Waals surface area contributed by atoms with E-state index < -0.39 is 0 Å². The van der Waals surface area contributed by atoms with E-state index in [1.807, 2.05) is 6.07 Å². The lowest BCUT2D eigenvalue weighted by atomic mass is 10.0. The van der Waals surface area contributed by atoms with E-state index in [0.29, 0.717) is 63.9 Å². The second-order valence-corrected chi connectivity index (χ2v) is 5.79. The molecule has 0 aliphatic heterocycles. The molecule has 0 saturated carbocycles. The van der Waals surface area contributed by atoms with Gasteiger partial charge in [0.15, 0.2) is 12.0 Å². The number of carbonyl (C=O) groups excluding carboxylic acids is 2. The molecule has 0 aromatic heterocycles. The molecule has 0 aliphatic carbocycles. The lowest BCUT2D eigenvalue weighted by Gasteiger charge is -2.11. The van der Waals surface area contributed by atoms with Crippen LogP contribution in [-0.4, -0.2) is 58.4 Å². The van der Waals surface area contributed by atoms with Gasteiger partial charge in [-0.25, -0.2) is 0 Å². The Morgan fingerprint density at radius 3 is 2.26 bits per heavy atom. The predicted octanol–water partition coefficient (Wildman–Crippen LogP) is 1.26.